The Morgan fingerprint density at radius 3 is 2.30 bits per heavy atom. The molecule has 0 bridgehead atoms. The van der Waals surface area contributed by atoms with Crippen LogP contribution in [0.3, 0.4) is 0 Å². The van der Waals surface area contributed by atoms with E-state index in [2.05, 4.69) is 0 Å². The fraction of sp³-hybridized carbons (Fsp3) is 0.263. The number of anilines is 1. The number of rotatable bonds is 4. The van der Waals surface area contributed by atoms with E-state index in [4.69, 9.17) is 4.84 Å². The van der Waals surface area contributed by atoms with Crippen molar-refractivity contribution in [3.63, 3.8) is 0 Å². The van der Waals surface area contributed by atoms with E-state index in [-0.39, 0.29) is 24.0 Å². The van der Waals surface area contributed by atoms with Crippen molar-refractivity contribution >= 4 is 23.2 Å². The number of benzene rings is 2. The zero-order chi connectivity index (χ0) is 19.1. The fourth-order valence-electron chi connectivity index (χ4n) is 3.71. The predicted molar refractivity (Wildman–Crippen MR) is 95.5 cm³/mol. The zero-order valence-corrected chi connectivity index (χ0v) is 14.5. The van der Waals surface area contributed by atoms with Crippen LogP contribution in [0.2, 0.25) is 0 Å². The Balaban J connectivity index is 1.78. The zero-order valence-electron chi connectivity index (χ0n) is 14.5. The molecule has 3 atom stereocenters. The molecular formula is C19H17N3O5. The molecule has 0 spiro atoms. The number of fused-ring (bicyclic) bond motifs is 1. The van der Waals surface area contributed by atoms with Crippen molar-refractivity contribution in [1.29, 1.82) is 0 Å². The van der Waals surface area contributed by atoms with Crippen molar-refractivity contribution in [2.75, 3.05) is 11.6 Å². The Morgan fingerprint density at radius 1 is 1.04 bits per heavy atom. The average molecular weight is 367 g/mol. The van der Waals surface area contributed by atoms with Gasteiger partial charge in [-0.1, -0.05) is 30.3 Å². The van der Waals surface area contributed by atoms with E-state index in [0.717, 1.165) is 0 Å². The van der Waals surface area contributed by atoms with Gasteiger partial charge >= 0.3 is 0 Å². The van der Waals surface area contributed by atoms with Gasteiger partial charge in [0.05, 0.1) is 16.7 Å². The van der Waals surface area contributed by atoms with E-state index in [1.807, 2.05) is 30.3 Å². The van der Waals surface area contributed by atoms with Gasteiger partial charge in [-0.3, -0.25) is 29.4 Å². The summed E-state index contributed by atoms with van der Waals surface area (Å²) in [5.74, 6) is -1.33. The van der Waals surface area contributed by atoms with Crippen LogP contribution in [0.25, 0.3) is 0 Å². The van der Waals surface area contributed by atoms with E-state index in [1.54, 1.807) is 24.1 Å². The summed E-state index contributed by atoms with van der Waals surface area (Å²) in [6.45, 7) is 2.03. The van der Waals surface area contributed by atoms with Crippen molar-refractivity contribution in [3.8, 4) is 0 Å². The summed E-state index contributed by atoms with van der Waals surface area (Å²) in [4.78, 5) is 43.0. The van der Waals surface area contributed by atoms with Crippen LogP contribution in [-0.4, -0.2) is 34.3 Å². The van der Waals surface area contributed by atoms with Gasteiger partial charge in [-0.05, 0) is 24.6 Å². The minimum atomic E-state index is -0.891. The summed E-state index contributed by atoms with van der Waals surface area (Å²) in [5.41, 5.74) is 1.35. The molecule has 0 saturated carbocycles. The topological polar surface area (TPSA) is 93.0 Å². The van der Waals surface area contributed by atoms with Gasteiger partial charge in [0.1, 0.15) is 5.92 Å². The Hall–Kier alpha value is -3.26. The number of imide groups is 1. The summed E-state index contributed by atoms with van der Waals surface area (Å²) in [6, 6.07) is 14.6. The number of amides is 2. The Morgan fingerprint density at radius 2 is 1.70 bits per heavy atom. The fourth-order valence-corrected chi connectivity index (χ4v) is 3.71. The van der Waals surface area contributed by atoms with Crippen LogP contribution in [0.1, 0.15) is 18.5 Å². The summed E-state index contributed by atoms with van der Waals surface area (Å²) in [7, 11) is 0. The number of para-hydroxylation sites is 1. The summed E-state index contributed by atoms with van der Waals surface area (Å²) >= 11 is 0. The van der Waals surface area contributed by atoms with Crippen LogP contribution >= 0.6 is 0 Å². The molecule has 0 N–H and O–H groups in total. The maximum atomic E-state index is 12.9. The third kappa shape index (κ3) is 2.65. The molecule has 4 rings (SSSR count). The Labute approximate surface area is 155 Å². The second-order valence-electron chi connectivity index (χ2n) is 6.43. The van der Waals surface area contributed by atoms with Gasteiger partial charge in [0, 0.05) is 18.7 Å². The molecule has 3 unspecified atom stereocenters. The van der Waals surface area contributed by atoms with Gasteiger partial charge in [-0.2, -0.15) is 0 Å². The molecule has 8 nitrogen and oxygen atoms in total. The van der Waals surface area contributed by atoms with Crippen molar-refractivity contribution < 1.29 is 19.3 Å². The molecule has 0 aliphatic carbocycles. The van der Waals surface area contributed by atoms with Crippen LogP contribution in [0.15, 0.2) is 54.6 Å². The lowest BCUT2D eigenvalue weighted by molar-refractivity contribution is -0.384. The summed E-state index contributed by atoms with van der Waals surface area (Å²) in [6.07, 6.45) is -0.891. The molecular weight excluding hydrogens is 350 g/mol. The van der Waals surface area contributed by atoms with Gasteiger partial charge in [0.2, 0.25) is 5.91 Å². The first-order chi connectivity index (χ1) is 13.0. The van der Waals surface area contributed by atoms with Crippen LogP contribution in [0, 0.1) is 16.0 Å². The first kappa shape index (κ1) is 17.2. The lowest BCUT2D eigenvalue weighted by Crippen LogP contribution is -2.37. The third-order valence-corrected chi connectivity index (χ3v) is 4.98. The summed E-state index contributed by atoms with van der Waals surface area (Å²) < 4.78 is 0. The molecule has 2 aliphatic heterocycles. The molecule has 8 heteroatoms. The molecule has 2 amide bonds. The van der Waals surface area contributed by atoms with Crippen molar-refractivity contribution in [3.05, 3.63) is 70.3 Å². The number of nitro benzene ring substituents is 1. The monoisotopic (exact) mass is 367 g/mol. The highest BCUT2D eigenvalue weighted by Gasteiger charge is 2.59. The average Bonchev–Trinajstić information content (AvgIpc) is 3.19. The minimum Gasteiger partial charge on any atom is -0.280 e. The van der Waals surface area contributed by atoms with E-state index in [0.29, 0.717) is 11.3 Å². The van der Waals surface area contributed by atoms with Crippen LogP contribution in [-0.2, 0) is 14.4 Å². The number of hydroxylamine groups is 1. The second-order valence-corrected chi connectivity index (χ2v) is 6.43. The Kier molecular flexibility index (Phi) is 4.12. The van der Waals surface area contributed by atoms with Gasteiger partial charge in [0.25, 0.3) is 11.6 Å². The molecule has 27 heavy (non-hydrogen) atoms. The molecule has 2 aromatic rings. The first-order valence-electron chi connectivity index (χ1n) is 8.63. The molecule has 0 radical (unpaired) electrons. The number of likely N-dealkylation sites (tertiary alicyclic amines) is 1. The smallest absolute Gasteiger partial charge is 0.269 e. The van der Waals surface area contributed by atoms with Gasteiger partial charge in [-0.15, -0.1) is 0 Å². The van der Waals surface area contributed by atoms with Gasteiger partial charge in [0.15, 0.2) is 6.10 Å². The lowest BCUT2D eigenvalue weighted by atomic mass is 9.90. The molecule has 2 fully saturated rings. The molecule has 2 aromatic carbocycles. The van der Waals surface area contributed by atoms with Crippen LogP contribution < -0.4 is 5.06 Å². The van der Waals surface area contributed by atoms with Crippen LogP contribution in [0.5, 0.6) is 0 Å². The van der Waals surface area contributed by atoms with E-state index >= 15 is 0 Å². The highest BCUT2D eigenvalue weighted by Crippen LogP contribution is 2.46. The standard InChI is InChI=1S/C19H17N3O5/c1-2-20-18(23)15-16(12-8-10-14(11-9-12)22(25)26)21(27-17(15)19(20)24)13-6-4-3-5-7-13/h3-11,15-17H,2H2,1H3. The Bertz CT molecular complexity index is 899. The number of hydrogen-bond donors (Lipinski definition) is 0. The first-order valence-corrected chi connectivity index (χ1v) is 8.63. The highest BCUT2D eigenvalue weighted by atomic mass is 16.7. The number of likely N-dealkylation sites (N-methyl/N-ethyl adjacent to an activating group) is 1. The molecule has 2 aliphatic rings. The maximum absolute atomic E-state index is 12.9. The summed E-state index contributed by atoms with van der Waals surface area (Å²) in [5, 5.41) is 12.5. The molecule has 0 aromatic heterocycles. The quantitative estimate of drug-likeness (QED) is 0.468. The molecule has 2 heterocycles. The largest absolute Gasteiger partial charge is 0.280 e. The number of nitro groups is 1. The van der Waals surface area contributed by atoms with E-state index < -0.39 is 23.0 Å². The number of hydrogen-bond acceptors (Lipinski definition) is 6. The molecule has 2 saturated heterocycles. The van der Waals surface area contributed by atoms with Crippen LogP contribution in [0.4, 0.5) is 11.4 Å². The number of non-ortho nitro benzene ring substituents is 1. The number of nitrogens with zero attached hydrogens (tertiary/aromatic N) is 3. The van der Waals surface area contributed by atoms with E-state index in [9.17, 15) is 19.7 Å². The van der Waals surface area contributed by atoms with E-state index in [1.165, 1.54) is 17.0 Å². The SMILES string of the molecule is CCN1C(=O)C2ON(c3ccccc3)C(c3ccc([N+](=O)[O-])cc3)C2C1=O. The number of carbonyl (C=O) groups is 2. The maximum Gasteiger partial charge on any atom is 0.269 e. The highest BCUT2D eigenvalue weighted by molar-refractivity contribution is 6.07. The number of carbonyl (C=O) groups excluding carboxylic acids is 2. The normalized spacial score (nSPS) is 24.4. The lowest BCUT2D eigenvalue weighted by Gasteiger charge is -2.28. The third-order valence-electron chi connectivity index (χ3n) is 4.98. The van der Waals surface area contributed by atoms with Crippen molar-refractivity contribution in [2.45, 2.75) is 19.1 Å². The van der Waals surface area contributed by atoms with Crippen molar-refractivity contribution in [1.82, 2.24) is 4.90 Å². The second kappa shape index (κ2) is 6.48. The van der Waals surface area contributed by atoms with Crippen molar-refractivity contribution in [2.24, 2.45) is 5.92 Å². The predicted octanol–water partition coefficient (Wildman–Crippen LogP) is 2.46. The van der Waals surface area contributed by atoms with Gasteiger partial charge < -0.3 is 0 Å². The van der Waals surface area contributed by atoms with Gasteiger partial charge in [-0.25, -0.2) is 5.06 Å². The minimum absolute atomic E-state index is 0.0375. The molecule has 138 valence electrons.